The number of carbonyl (C=O) groups is 1. The van der Waals surface area contributed by atoms with Crippen LogP contribution in [-0.2, 0) is 6.18 Å². The molecule has 1 aromatic rings. The van der Waals surface area contributed by atoms with Gasteiger partial charge in [0.05, 0.1) is 5.56 Å². The van der Waals surface area contributed by atoms with Gasteiger partial charge in [-0.05, 0) is 44.1 Å². The summed E-state index contributed by atoms with van der Waals surface area (Å²) in [4.78, 5) is 11.1. The number of benzene rings is 1. The third-order valence-corrected chi connectivity index (χ3v) is 3.11. The summed E-state index contributed by atoms with van der Waals surface area (Å²) < 4.78 is 43.9. The maximum Gasteiger partial charge on any atom is 0.416 e. The third kappa shape index (κ3) is 3.63. The first-order chi connectivity index (χ1) is 9.36. The maximum atomic E-state index is 12.8. The van der Waals surface area contributed by atoms with E-state index in [1.165, 1.54) is 6.07 Å². The average Bonchev–Trinajstić information content (AvgIpc) is 2.38. The molecule has 0 saturated carbocycles. The summed E-state index contributed by atoms with van der Waals surface area (Å²) in [6, 6.07) is 2.88. The van der Waals surface area contributed by atoms with E-state index >= 15 is 0 Å². The van der Waals surface area contributed by atoms with E-state index in [-0.39, 0.29) is 17.4 Å². The van der Waals surface area contributed by atoms with Crippen LogP contribution >= 0.6 is 0 Å². The van der Waals surface area contributed by atoms with Gasteiger partial charge >= 0.3 is 6.18 Å². The number of primary amides is 1. The minimum Gasteiger partial charge on any atom is -0.490 e. The smallest absolute Gasteiger partial charge is 0.416 e. The van der Waals surface area contributed by atoms with Crippen molar-refractivity contribution in [3.05, 3.63) is 29.3 Å². The Morgan fingerprint density at radius 3 is 2.45 bits per heavy atom. The molecule has 20 heavy (non-hydrogen) atoms. The second-order valence-electron chi connectivity index (χ2n) is 4.68. The van der Waals surface area contributed by atoms with Crippen LogP contribution in [0.3, 0.4) is 0 Å². The number of amides is 1. The lowest BCUT2D eigenvalue weighted by molar-refractivity contribution is -0.137. The Morgan fingerprint density at radius 2 is 1.90 bits per heavy atom. The molecule has 7 heteroatoms. The molecule has 1 aromatic carbocycles. The van der Waals surface area contributed by atoms with Crippen molar-refractivity contribution < 1.29 is 22.7 Å². The summed E-state index contributed by atoms with van der Waals surface area (Å²) in [5, 5.41) is 3.13. The Labute approximate surface area is 114 Å². The summed E-state index contributed by atoms with van der Waals surface area (Å²) in [5.41, 5.74) is 3.92. The van der Waals surface area contributed by atoms with Crippen LogP contribution in [0.2, 0.25) is 0 Å². The molecule has 1 amide bonds. The number of hydrogen-bond acceptors (Lipinski definition) is 3. The molecule has 1 aliphatic heterocycles. The molecule has 2 rings (SSSR count). The average molecular weight is 288 g/mol. The first-order valence-electron chi connectivity index (χ1n) is 6.26. The van der Waals surface area contributed by atoms with Gasteiger partial charge in [-0.2, -0.15) is 13.2 Å². The van der Waals surface area contributed by atoms with Gasteiger partial charge in [-0.15, -0.1) is 0 Å². The fourth-order valence-corrected chi connectivity index (χ4v) is 2.08. The van der Waals surface area contributed by atoms with E-state index in [9.17, 15) is 18.0 Å². The quantitative estimate of drug-likeness (QED) is 0.893. The van der Waals surface area contributed by atoms with E-state index in [2.05, 4.69) is 5.32 Å². The summed E-state index contributed by atoms with van der Waals surface area (Å²) in [7, 11) is 0. The van der Waals surface area contributed by atoms with E-state index in [1.807, 2.05) is 0 Å². The van der Waals surface area contributed by atoms with Gasteiger partial charge in [-0.25, -0.2) is 0 Å². The normalized spacial score (nSPS) is 16.9. The molecule has 0 radical (unpaired) electrons. The van der Waals surface area contributed by atoms with Crippen molar-refractivity contribution in [1.82, 2.24) is 5.32 Å². The van der Waals surface area contributed by atoms with Crippen molar-refractivity contribution >= 4 is 5.91 Å². The molecular weight excluding hydrogens is 273 g/mol. The van der Waals surface area contributed by atoms with Gasteiger partial charge in [-0.1, -0.05) is 0 Å². The highest BCUT2D eigenvalue weighted by atomic mass is 19.4. The summed E-state index contributed by atoms with van der Waals surface area (Å²) in [6.45, 7) is 1.51. The van der Waals surface area contributed by atoms with E-state index in [0.717, 1.165) is 25.2 Å². The highest BCUT2D eigenvalue weighted by molar-refractivity contribution is 5.93. The van der Waals surface area contributed by atoms with E-state index in [1.54, 1.807) is 0 Å². The number of alkyl halides is 3. The fourth-order valence-electron chi connectivity index (χ4n) is 2.08. The lowest BCUT2D eigenvalue weighted by Gasteiger charge is -2.24. The first-order valence-corrected chi connectivity index (χ1v) is 6.26. The van der Waals surface area contributed by atoms with Crippen molar-refractivity contribution in [1.29, 1.82) is 0 Å². The number of piperidine rings is 1. The number of ether oxygens (including phenoxy) is 1. The summed E-state index contributed by atoms with van der Waals surface area (Å²) in [5.74, 6) is -0.883. The molecule has 0 aromatic heterocycles. The van der Waals surface area contributed by atoms with Gasteiger partial charge in [-0.3, -0.25) is 4.79 Å². The molecule has 1 saturated heterocycles. The van der Waals surface area contributed by atoms with Crippen molar-refractivity contribution in [3.8, 4) is 5.75 Å². The van der Waals surface area contributed by atoms with Crippen LogP contribution in [0.5, 0.6) is 5.75 Å². The van der Waals surface area contributed by atoms with E-state index in [4.69, 9.17) is 10.5 Å². The van der Waals surface area contributed by atoms with Crippen LogP contribution in [-0.4, -0.2) is 25.1 Å². The zero-order valence-corrected chi connectivity index (χ0v) is 10.7. The standard InChI is InChI=1S/C13H15F3N2O2/c14-13(15,16)9-5-8(12(17)19)6-11(7-9)20-10-1-3-18-4-2-10/h5-7,10,18H,1-4H2,(H2,17,19). The SMILES string of the molecule is NC(=O)c1cc(OC2CCNCC2)cc(C(F)(F)F)c1. The third-order valence-electron chi connectivity index (χ3n) is 3.11. The van der Waals surface area contributed by atoms with E-state index in [0.29, 0.717) is 12.8 Å². The van der Waals surface area contributed by atoms with Crippen molar-refractivity contribution in [3.63, 3.8) is 0 Å². The second kappa shape index (κ2) is 5.70. The molecule has 4 nitrogen and oxygen atoms in total. The van der Waals surface area contributed by atoms with Gasteiger partial charge in [0.2, 0.25) is 5.91 Å². The van der Waals surface area contributed by atoms with Gasteiger partial charge in [0, 0.05) is 5.56 Å². The minimum absolute atomic E-state index is 0.0283. The molecule has 0 atom stereocenters. The van der Waals surface area contributed by atoms with Gasteiger partial charge in [0.1, 0.15) is 11.9 Å². The van der Waals surface area contributed by atoms with Gasteiger partial charge in [0.25, 0.3) is 0 Å². The van der Waals surface area contributed by atoms with Gasteiger partial charge in [0.15, 0.2) is 0 Å². The van der Waals surface area contributed by atoms with E-state index < -0.39 is 17.6 Å². The Hall–Kier alpha value is -1.76. The highest BCUT2D eigenvalue weighted by Gasteiger charge is 2.32. The topological polar surface area (TPSA) is 64.4 Å². The van der Waals surface area contributed by atoms with Crippen LogP contribution in [0, 0.1) is 0 Å². The van der Waals surface area contributed by atoms with Crippen LogP contribution in [0.15, 0.2) is 18.2 Å². The first kappa shape index (κ1) is 14.6. The highest BCUT2D eigenvalue weighted by Crippen LogP contribution is 2.33. The minimum atomic E-state index is -4.54. The van der Waals surface area contributed by atoms with Crippen molar-refractivity contribution in [2.45, 2.75) is 25.1 Å². The molecule has 0 aliphatic carbocycles. The Bertz CT molecular complexity index is 497. The number of rotatable bonds is 3. The molecule has 1 heterocycles. The lowest BCUT2D eigenvalue weighted by Crippen LogP contribution is -2.34. The van der Waals surface area contributed by atoms with Gasteiger partial charge < -0.3 is 15.8 Å². The molecule has 1 aliphatic rings. The lowest BCUT2D eigenvalue weighted by atomic mass is 10.1. The molecule has 0 spiro atoms. The fraction of sp³-hybridized carbons (Fsp3) is 0.462. The Morgan fingerprint density at radius 1 is 1.25 bits per heavy atom. The zero-order chi connectivity index (χ0) is 14.8. The number of halogens is 3. The molecule has 0 unspecified atom stereocenters. The predicted molar refractivity (Wildman–Crippen MR) is 66.5 cm³/mol. The zero-order valence-electron chi connectivity index (χ0n) is 10.7. The number of hydrogen-bond donors (Lipinski definition) is 2. The molecule has 3 N–H and O–H groups in total. The van der Waals surface area contributed by atoms with Crippen molar-refractivity contribution in [2.75, 3.05) is 13.1 Å². The summed E-state index contributed by atoms with van der Waals surface area (Å²) in [6.07, 6.45) is -3.28. The Kier molecular flexibility index (Phi) is 4.17. The Balaban J connectivity index is 2.26. The van der Waals surface area contributed by atoms with Crippen LogP contribution in [0.4, 0.5) is 13.2 Å². The largest absolute Gasteiger partial charge is 0.490 e. The summed E-state index contributed by atoms with van der Waals surface area (Å²) >= 11 is 0. The second-order valence-corrected chi connectivity index (χ2v) is 4.68. The van der Waals surface area contributed by atoms with Crippen LogP contribution in [0.1, 0.15) is 28.8 Å². The number of nitrogens with two attached hydrogens (primary N) is 1. The molecule has 1 fully saturated rings. The molecular formula is C13H15F3N2O2. The number of nitrogens with one attached hydrogen (secondary N) is 1. The monoisotopic (exact) mass is 288 g/mol. The molecule has 110 valence electrons. The maximum absolute atomic E-state index is 12.8. The predicted octanol–water partition coefficient (Wildman–Crippen LogP) is 1.94. The van der Waals surface area contributed by atoms with Crippen molar-refractivity contribution in [2.24, 2.45) is 5.73 Å². The van der Waals surface area contributed by atoms with Crippen LogP contribution in [0.25, 0.3) is 0 Å². The number of carbonyl (C=O) groups excluding carboxylic acids is 1. The van der Waals surface area contributed by atoms with Crippen LogP contribution < -0.4 is 15.8 Å². The molecule has 0 bridgehead atoms.